The van der Waals surface area contributed by atoms with E-state index in [4.69, 9.17) is 4.74 Å². The molecule has 0 heterocycles. The Kier molecular flexibility index (Phi) is 5.27. The average molecular weight is 312 g/mol. The standard InChI is InChI=1S/C19H24N2O2/c1-19(2,3)15-8-10-16(11-9-15)21-18(22)20-13-14-6-5-7-17(12-14)23-4/h5-12H,13H2,1-4H3,(H2,20,21,22). The van der Waals surface area contributed by atoms with E-state index in [2.05, 4.69) is 31.4 Å². The number of anilines is 1. The van der Waals surface area contributed by atoms with E-state index in [1.165, 1.54) is 5.56 Å². The predicted molar refractivity (Wildman–Crippen MR) is 94.0 cm³/mol. The minimum Gasteiger partial charge on any atom is -0.497 e. The monoisotopic (exact) mass is 312 g/mol. The third-order valence-corrected chi connectivity index (χ3v) is 3.60. The van der Waals surface area contributed by atoms with Crippen LogP contribution in [0.5, 0.6) is 5.75 Å². The summed E-state index contributed by atoms with van der Waals surface area (Å²) in [5.41, 5.74) is 3.11. The Hall–Kier alpha value is -2.49. The Morgan fingerprint density at radius 1 is 1.09 bits per heavy atom. The van der Waals surface area contributed by atoms with E-state index in [0.29, 0.717) is 6.54 Å². The first-order valence-electron chi connectivity index (χ1n) is 7.67. The molecule has 2 aromatic carbocycles. The molecule has 0 spiro atoms. The molecule has 0 atom stereocenters. The second-order valence-corrected chi connectivity index (χ2v) is 6.49. The Morgan fingerprint density at radius 2 is 1.78 bits per heavy atom. The summed E-state index contributed by atoms with van der Waals surface area (Å²) >= 11 is 0. The summed E-state index contributed by atoms with van der Waals surface area (Å²) in [7, 11) is 1.63. The van der Waals surface area contributed by atoms with E-state index < -0.39 is 0 Å². The fourth-order valence-corrected chi connectivity index (χ4v) is 2.19. The second kappa shape index (κ2) is 7.18. The molecule has 2 amide bonds. The van der Waals surface area contributed by atoms with Crippen LogP contribution in [0.1, 0.15) is 31.9 Å². The average Bonchev–Trinajstić information content (AvgIpc) is 2.53. The fraction of sp³-hybridized carbons (Fsp3) is 0.316. The predicted octanol–water partition coefficient (Wildman–Crippen LogP) is 4.31. The molecule has 0 unspecified atom stereocenters. The summed E-state index contributed by atoms with van der Waals surface area (Å²) < 4.78 is 5.17. The lowest BCUT2D eigenvalue weighted by Gasteiger charge is -2.19. The molecular formula is C19H24N2O2. The van der Waals surface area contributed by atoms with Gasteiger partial charge >= 0.3 is 6.03 Å². The van der Waals surface area contributed by atoms with Gasteiger partial charge in [0, 0.05) is 12.2 Å². The van der Waals surface area contributed by atoms with E-state index >= 15 is 0 Å². The van der Waals surface area contributed by atoms with Gasteiger partial charge < -0.3 is 15.4 Å². The van der Waals surface area contributed by atoms with Crippen molar-refractivity contribution in [3.05, 3.63) is 59.7 Å². The molecule has 2 N–H and O–H groups in total. The van der Waals surface area contributed by atoms with Crippen LogP contribution in [-0.4, -0.2) is 13.1 Å². The van der Waals surface area contributed by atoms with Crippen molar-refractivity contribution in [2.75, 3.05) is 12.4 Å². The van der Waals surface area contributed by atoms with Crippen molar-refractivity contribution in [1.82, 2.24) is 5.32 Å². The van der Waals surface area contributed by atoms with E-state index in [9.17, 15) is 4.79 Å². The second-order valence-electron chi connectivity index (χ2n) is 6.49. The van der Waals surface area contributed by atoms with E-state index in [1.807, 2.05) is 48.5 Å². The number of carbonyl (C=O) groups excluding carboxylic acids is 1. The quantitative estimate of drug-likeness (QED) is 0.883. The molecule has 0 bridgehead atoms. The molecule has 0 aliphatic heterocycles. The van der Waals surface area contributed by atoms with E-state index in [1.54, 1.807) is 7.11 Å². The molecular weight excluding hydrogens is 288 g/mol. The van der Waals surface area contributed by atoms with Gasteiger partial charge in [-0.2, -0.15) is 0 Å². The highest BCUT2D eigenvalue weighted by Gasteiger charge is 2.13. The van der Waals surface area contributed by atoms with Crippen LogP contribution in [0.4, 0.5) is 10.5 Å². The smallest absolute Gasteiger partial charge is 0.319 e. The van der Waals surface area contributed by atoms with Crippen LogP contribution in [0, 0.1) is 0 Å². The number of rotatable bonds is 4. The van der Waals surface area contributed by atoms with Crippen molar-refractivity contribution in [2.45, 2.75) is 32.7 Å². The molecule has 4 heteroatoms. The number of hydrogen-bond acceptors (Lipinski definition) is 2. The van der Waals surface area contributed by atoms with Crippen molar-refractivity contribution in [3.63, 3.8) is 0 Å². The fourth-order valence-electron chi connectivity index (χ4n) is 2.19. The molecule has 0 fully saturated rings. The van der Waals surface area contributed by atoms with Gasteiger partial charge in [-0.05, 0) is 40.8 Å². The Bertz CT molecular complexity index is 658. The molecule has 0 radical (unpaired) electrons. The highest BCUT2D eigenvalue weighted by molar-refractivity contribution is 5.89. The van der Waals surface area contributed by atoms with Crippen LogP contribution in [-0.2, 0) is 12.0 Å². The molecule has 2 rings (SSSR count). The van der Waals surface area contributed by atoms with Crippen LogP contribution < -0.4 is 15.4 Å². The minimum absolute atomic E-state index is 0.104. The van der Waals surface area contributed by atoms with Crippen molar-refractivity contribution in [1.29, 1.82) is 0 Å². The van der Waals surface area contributed by atoms with Crippen molar-refractivity contribution < 1.29 is 9.53 Å². The number of methoxy groups -OCH3 is 1. The lowest BCUT2D eigenvalue weighted by atomic mass is 9.87. The van der Waals surface area contributed by atoms with Gasteiger partial charge in [-0.15, -0.1) is 0 Å². The maximum atomic E-state index is 12.0. The van der Waals surface area contributed by atoms with E-state index in [-0.39, 0.29) is 11.4 Å². The largest absolute Gasteiger partial charge is 0.497 e. The molecule has 0 saturated carbocycles. The first-order chi connectivity index (χ1) is 10.9. The van der Waals surface area contributed by atoms with Gasteiger partial charge in [0.05, 0.1) is 7.11 Å². The van der Waals surface area contributed by atoms with Crippen LogP contribution >= 0.6 is 0 Å². The molecule has 0 aliphatic carbocycles. The van der Waals surface area contributed by atoms with Crippen LogP contribution in [0.3, 0.4) is 0 Å². The highest BCUT2D eigenvalue weighted by atomic mass is 16.5. The van der Waals surface area contributed by atoms with Gasteiger partial charge in [-0.25, -0.2) is 4.79 Å². The maximum absolute atomic E-state index is 12.0. The Morgan fingerprint density at radius 3 is 2.39 bits per heavy atom. The number of carbonyl (C=O) groups is 1. The van der Waals surface area contributed by atoms with Crippen molar-refractivity contribution in [3.8, 4) is 5.75 Å². The van der Waals surface area contributed by atoms with Gasteiger partial charge in [0.2, 0.25) is 0 Å². The lowest BCUT2D eigenvalue weighted by Crippen LogP contribution is -2.28. The molecule has 0 saturated heterocycles. The zero-order chi connectivity index (χ0) is 16.9. The third kappa shape index (κ3) is 5.02. The molecule has 4 nitrogen and oxygen atoms in total. The van der Waals surface area contributed by atoms with Crippen LogP contribution in [0.15, 0.2) is 48.5 Å². The molecule has 2 aromatic rings. The topological polar surface area (TPSA) is 50.4 Å². The van der Waals surface area contributed by atoms with Gasteiger partial charge in [-0.3, -0.25) is 0 Å². The van der Waals surface area contributed by atoms with E-state index in [0.717, 1.165) is 17.0 Å². The van der Waals surface area contributed by atoms with Crippen molar-refractivity contribution >= 4 is 11.7 Å². The Labute approximate surface area is 137 Å². The number of urea groups is 1. The number of hydrogen-bond donors (Lipinski definition) is 2. The summed E-state index contributed by atoms with van der Waals surface area (Å²) in [4.78, 5) is 12.0. The SMILES string of the molecule is COc1cccc(CNC(=O)Nc2ccc(C(C)(C)C)cc2)c1. The van der Waals surface area contributed by atoms with Gasteiger partial charge in [0.25, 0.3) is 0 Å². The number of amides is 2. The summed E-state index contributed by atoms with van der Waals surface area (Å²) in [6, 6.07) is 15.3. The number of benzene rings is 2. The summed E-state index contributed by atoms with van der Waals surface area (Å²) in [5, 5.41) is 5.68. The number of nitrogens with one attached hydrogen (secondary N) is 2. The zero-order valence-electron chi connectivity index (χ0n) is 14.1. The lowest BCUT2D eigenvalue weighted by molar-refractivity contribution is 0.251. The molecule has 0 aliphatic rings. The third-order valence-electron chi connectivity index (χ3n) is 3.60. The summed E-state index contributed by atoms with van der Waals surface area (Å²) in [6.07, 6.45) is 0. The number of ether oxygens (including phenoxy) is 1. The molecule has 0 aromatic heterocycles. The van der Waals surface area contributed by atoms with Gasteiger partial charge in [0.15, 0.2) is 0 Å². The first kappa shape index (κ1) is 16.9. The summed E-state index contributed by atoms with van der Waals surface area (Å²) in [5.74, 6) is 0.780. The molecule has 122 valence electrons. The maximum Gasteiger partial charge on any atom is 0.319 e. The summed E-state index contributed by atoms with van der Waals surface area (Å²) in [6.45, 7) is 6.94. The van der Waals surface area contributed by atoms with Crippen LogP contribution in [0.25, 0.3) is 0 Å². The normalized spacial score (nSPS) is 11.0. The van der Waals surface area contributed by atoms with Gasteiger partial charge in [0.1, 0.15) is 5.75 Å². The molecule has 23 heavy (non-hydrogen) atoms. The van der Waals surface area contributed by atoms with Crippen molar-refractivity contribution in [2.24, 2.45) is 0 Å². The van der Waals surface area contributed by atoms with Gasteiger partial charge in [-0.1, -0.05) is 45.0 Å². The zero-order valence-corrected chi connectivity index (χ0v) is 14.1. The highest BCUT2D eigenvalue weighted by Crippen LogP contribution is 2.23. The van der Waals surface area contributed by atoms with Crippen LogP contribution in [0.2, 0.25) is 0 Å². The Balaban J connectivity index is 1.89. The first-order valence-corrected chi connectivity index (χ1v) is 7.67. The minimum atomic E-state index is -0.226.